The zero-order valence-electron chi connectivity index (χ0n) is 7.03. The Morgan fingerprint density at radius 1 is 1.62 bits per heavy atom. The first-order valence-electron chi connectivity index (χ1n) is 3.72. The van der Waals surface area contributed by atoms with Crippen LogP contribution in [0.15, 0.2) is 22.7 Å². The molecule has 0 aliphatic carbocycles. The van der Waals surface area contributed by atoms with E-state index in [1.165, 1.54) is 6.07 Å². The van der Waals surface area contributed by atoms with Gasteiger partial charge in [-0.1, -0.05) is 22.0 Å². The van der Waals surface area contributed by atoms with E-state index in [0.29, 0.717) is 10.0 Å². The van der Waals surface area contributed by atoms with E-state index in [4.69, 9.17) is 5.73 Å². The van der Waals surface area contributed by atoms with Crippen molar-refractivity contribution in [3.8, 4) is 0 Å². The summed E-state index contributed by atoms with van der Waals surface area (Å²) in [6, 6.07) is 4.46. The van der Waals surface area contributed by atoms with Crippen LogP contribution in [0.5, 0.6) is 0 Å². The summed E-state index contributed by atoms with van der Waals surface area (Å²) in [4.78, 5) is 10.2. The SMILES string of the molecule is CC(N)c1c(Br)cccc1[N+](=O)[O-]. The molecule has 13 heavy (non-hydrogen) atoms. The summed E-state index contributed by atoms with van der Waals surface area (Å²) in [6.07, 6.45) is 0. The van der Waals surface area contributed by atoms with Gasteiger partial charge in [0.2, 0.25) is 0 Å². The molecule has 0 amide bonds. The molecule has 1 atom stereocenters. The number of hydrogen-bond acceptors (Lipinski definition) is 3. The van der Waals surface area contributed by atoms with Crippen molar-refractivity contribution < 1.29 is 4.92 Å². The van der Waals surface area contributed by atoms with Crippen LogP contribution in [0.25, 0.3) is 0 Å². The van der Waals surface area contributed by atoms with Gasteiger partial charge in [-0.2, -0.15) is 0 Å². The van der Waals surface area contributed by atoms with Crippen LogP contribution in [-0.2, 0) is 0 Å². The van der Waals surface area contributed by atoms with E-state index < -0.39 is 4.92 Å². The van der Waals surface area contributed by atoms with Gasteiger partial charge >= 0.3 is 0 Å². The molecule has 0 aromatic heterocycles. The van der Waals surface area contributed by atoms with Gasteiger partial charge in [0.25, 0.3) is 5.69 Å². The van der Waals surface area contributed by atoms with Gasteiger partial charge in [0, 0.05) is 16.6 Å². The lowest BCUT2D eigenvalue weighted by molar-refractivity contribution is -0.385. The third kappa shape index (κ3) is 2.05. The van der Waals surface area contributed by atoms with Gasteiger partial charge in [-0.15, -0.1) is 0 Å². The van der Waals surface area contributed by atoms with Crippen LogP contribution in [0.2, 0.25) is 0 Å². The second-order valence-electron chi connectivity index (χ2n) is 2.72. The quantitative estimate of drug-likeness (QED) is 0.642. The fourth-order valence-electron chi connectivity index (χ4n) is 1.14. The Balaban J connectivity index is 3.34. The average Bonchev–Trinajstić information content (AvgIpc) is 2.02. The Labute approximate surface area is 84.0 Å². The van der Waals surface area contributed by atoms with Crippen molar-refractivity contribution in [3.63, 3.8) is 0 Å². The highest BCUT2D eigenvalue weighted by Gasteiger charge is 2.18. The Bertz CT molecular complexity index is 339. The number of halogens is 1. The highest BCUT2D eigenvalue weighted by Crippen LogP contribution is 2.30. The lowest BCUT2D eigenvalue weighted by Crippen LogP contribution is -2.08. The third-order valence-electron chi connectivity index (χ3n) is 1.68. The van der Waals surface area contributed by atoms with Crippen molar-refractivity contribution in [2.24, 2.45) is 5.73 Å². The number of hydrogen-bond donors (Lipinski definition) is 1. The van der Waals surface area contributed by atoms with E-state index in [9.17, 15) is 10.1 Å². The summed E-state index contributed by atoms with van der Waals surface area (Å²) in [6.45, 7) is 1.72. The van der Waals surface area contributed by atoms with E-state index >= 15 is 0 Å². The van der Waals surface area contributed by atoms with Gasteiger partial charge in [0.1, 0.15) is 0 Å². The van der Waals surface area contributed by atoms with Gasteiger partial charge < -0.3 is 5.73 Å². The Kier molecular flexibility index (Phi) is 3.00. The number of nitro benzene ring substituents is 1. The van der Waals surface area contributed by atoms with E-state index in [1.807, 2.05) is 0 Å². The monoisotopic (exact) mass is 244 g/mol. The molecule has 2 N–H and O–H groups in total. The van der Waals surface area contributed by atoms with Crippen LogP contribution in [0.1, 0.15) is 18.5 Å². The van der Waals surface area contributed by atoms with Crippen molar-refractivity contribution >= 4 is 21.6 Å². The zero-order chi connectivity index (χ0) is 10.0. The first kappa shape index (κ1) is 10.1. The molecule has 0 aliphatic rings. The molecule has 0 radical (unpaired) electrons. The highest BCUT2D eigenvalue weighted by atomic mass is 79.9. The molecule has 5 heteroatoms. The molecule has 1 unspecified atom stereocenters. The Hall–Kier alpha value is -0.940. The van der Waals surface area contributed by atoms with Crippen LogP contribution in [0, 0.1) is 10.1 Å². The van der Waals surface area contributed by atoms with Crippen LogP contribution < -0.4 is 5.73 Å². The molecule has 0 heterocycles. The van der Waals surface area contributed by atoms with Crippen LogP contribution in [-0.4, -0.2) is 4.92 Å². The van der Waals surface area contributed by atoms with Gasteiger partial charge in [0.15, 0.2) is 0 Å². The molecule has 70 valence electrons. The molecular formula is C8H9BrN2O2. The average molecular weight is 245 g/mol. The zero-order valence-corrected chi connectivity index (χ0v) is 8.61. The van der Waals surface area contributed by atoms with E-state index in [1.54, 1.807) is 19.1 Å². The fourth-order valence-corrected chi connectivity index (χ4v) is 1.85. The summed E-state index contributed by atoms with van der Waals surface area (Å²) in [7, 11) is 0. The minimum absolute atomic E-state index is 0.0596. The van der Waals surface area contributed by atoms with Crippen molar-refractivity contribution in [2.45, 2.75) is 13.0 Å². The van der Waals surface area contributed by atoms with Crippen LogP contribution in [0.3, 0.4) is 0 Å². The smallest absolute Gasteiger partial charge is 0.275 e. The number of nitrogens with two attached hydrogens (primary N) is 1. The molecule has 4 nitrogen and oxygen atoms in total. The number of benzene rings is 1. The molecule has 0 saturated heterocycles. The number of rotatable bonds is 2. The molecule has 0 aliphatic heterocycles. The first-order valence-corrected chi connectivity index (χ1v) is 4.51. The van der Waals surface area contributed by atoms with Gasteiger partial charge in [0.05, 0.1) is 10.5 Å². The Morgan fingerprint density at radius 3 is 2.62 bits per heavy atom. The fraction of sp³-hybridized carbons (Fsp3) is 0.250. The first-order chi connectivity index (χ1) is 6.04. The summed E-state index contributed by atoms with van der Waals surface area (Å²) < 4.78 is 0.678. The predicted molar refractivity (Wildman–Crippen MR) is 53.4 cm³/mol. The molecule has 1 rings (SSSR count). The molecule has 0 spiro atoms. The highest BCUT2D eigenvalue weighted by molar-refractivity contribution is 9.10. The summed E-state index contributed by atoms with van der Waals surface area (Å²) in [5.41, 5.74) is 6.21. The summed E-state index contributed by atoms with van der Waals surface area (Å²) in [5.74, 6) is 0. The van der Waals surface area contributed by atoms with Crippen LogP contribution in [0.4, 0.5) is 5.69 Å². The van der Waals surface area contributed by atoms with E-state index in [-0.39, 0.29) is 11.7 Å². The second-order valence-corrected chi connectivity index (χ2v) is 3.57. The van der Waals surface area contributed by atoms with Crippen molar-refractivity contribution in [3.05, 3.63) is 38.3 Å². The van der Waals surface area contributed by atoms with Gasteiger partial charge in [-0.25, -0.2) is 0 Å². The molecular weight excluding hydrogens is 236 g/mol. The molecule has 0 fully saturated rings. The minimum atomic E-state index is -0.427. The maximum Gasteiger partial charge on any atom is 0.275 e. The van der Waals surface area contributed by atoms with Gasteiger partial charge in [-0.05, 0) is 13.0 Å². The second kappa shape index (κ2) is 3.85. The lowest BCUT2D eigenvalue weighted by atomic mass is 10.1. The normalized spacial score (nSPS) is 12.5. The summed E-state index contributed by atoms with van der Waals surface area (Å²) >= 11 is 3.23. The Morgan fingerprint density at radius 2 is 2.23 bits per heavy atom. The van der Waals surface area contributed by atoms with E-state index in [2.05, 4.69) is 15.9 Å². The van der Waals surface area contributed by atoms with Crippen molar-refractivity contribution in [2.75, 3.05) is 0 Å². The summed E-state index contributed by atoms with van der Waals surface area (Å²) in [5, 5.41) is 10.6. The standard InChI is InChI=1S/C8H9BrN2O2/c1-5(10)8-6(9)3-2-4-7(8)11(12)13/h2-5H,10H2,1H3. The number of nitro groups is 1. The molecule has 0 saturated carbocycles. The topological polar surface area (TPSA) is 69.2 Å². The largest absolute Gasteiger partial charge is 0.324 e. The number of nitrogens with zero attached hydrogens (tertiary/aromatic N) is 1. The van der Waals surface area contributed by atoms with Crippen LogP contribution >= 0.6 is 15.9 Å². The van der Waals surface area contributed by atoms with Gasteiger partial charge in [-0.3, -0.25) is 10.1 Å². The molecule has 1 aromatic carbocycles. The van der Waals surface area contributed by atoms with E-state index in [0.717, 1.165) is 0 Å². The maximum atomic E-state index is 10.6. The predicted octanol–water partition coefficient (Wildman–Crippen LogP) is 2.38. The maximum absolute atomic E-state index is 10.6. The van der Waals surface area contributed by atoms with Crippen molar-refractivity contribution in [1.29, 1.82) is 0 Å². The van der Waals surface area contributed by atoms with Crippen molar-refractivity contribution in [1.82, 2.24) is 0 Å². The minimum Gasteiger partial charge on any atom is -0.324 e. The lowest BCUT2D eigenvalue weighted by Gasteiger charge is -2.08. The molecule has 0 bridgehead atoms. The third-order valence-corrected chi connectivity index (χ3v) is 2.37. The molecule has 1 aromatic rings.